The van der Waals surface area contributed by atoms with Crippen molar-refractivity contribution >= 4 is 14.1 Å². The molecule has 3 rings (SSSR count). The van der Waals surface area contributed by atoms with E-state index in [1.165, 1.54) is 11.3 Å². The van der Waals surface area contributed by atoms with Gasteiger partial charge in [0.15, 0.2) is 0 Å². The van der Waals surface area contributed by atoms with Crippen LogP contribution in [0.4, 0.5) is 5.69 Å². The highest BCUT2D eigenvalue weighted by atomic mass is 15.3. The number of pyridine rings is 1. The van der Waals surface area contributed by atoms with Gasteiger partial charge in [-0.1, -0.05) is 24.3 Å². The molecule has 0 amide bonds. The van der Waals surface area contributed by atoms with Gasteiger partial charge >= 0.3 is 0 Å². The molecule has 0 N–H and O–H groups in total. The molecule has 104 valence electrons. The molecule has 0 unspecified atom stereocenters. The van der Waals surface area contributed by atoms with E-state index in [0.29, 0.717) is 0 Å². The molecule has 2 heterocycles. The summed E-state index contributed by atoms with van der Waals surface area (Å²) in [6.45, 7) is 5.44. The first-order chi connectivity index (χ1) is 9.42. The van der Waals surface area contributed by atoms with Gasteiger partial charge in [0.25, 0.3) is 0 Å². The number of piperazine rings is 1. The fraction of sp³-hybridized carbons (Fsp3) is 0.312. The molecule has 1 aromatic carbocycles. The van der Waals surface area contributed by atoms with Crippen molar-refractivity contribution in [1.82, 2.24) is 9.88 Å². The van der Waals surface area contributed by atoms with Gasteiger partial charge in [-0.2, -0.15) is 0 Å². The molecular weight excluding hydrogens is 245 g/mol. The van der Waals surface area contributed by atoms with E-state index in [1.54, 1.807) is 0 Å². The highest BCUT2D eigenvalue weighted by molar-refractivity contribution is 5.75. The third kappa shape index (κ3) is 3.61. The number of nitrogens with zero attached hydrogens (tertiary/aromatic N) is 3. The summed E-state index contributed by atoms with van der Waals surface area (Å²) in [5, 5.41) is 0. The number of hydrogen-bond donors (Lipinski definition) is 0. The van der Waals surface area contributed by atoms with E-state index in [2.05, 4.69) is 51.2 Å². The summed E-state index contributed by atoms with van der Waals surface area (Å²) in [7, 11) is 0. The van der Waals surface area contributed by atoms with Crippen molar-refractivity contribution in [3.05, 3.63) is 60.4 Å². The number of para-hydroxylation sites is 1. The standard InChI is InChI=1S/C16H19N3.BH3/c1-2-6-16(7-3-1)19-11-9-18(10-12-19)14-15-5-4-8-17-13-15;/h1-8,13H,9-12,14H2;1H3. The number of anilines is 1. The highest BCUT2D eigenvalue weighted by Crippen LogP contribution is 2.16. The third-order valence-corrected chi connectivity index (χ3v) is 3.62. The number of hydrogen-bond acceptors (Lipinski definition) is 3. The molecule has 0 bridgehead atoms. The predicted molar refractivity (Wildman–Crippen MR) is 88.1 cm³/mol. The number of aromatic nitrogens is 1. The van der Waals surface area contributed by atoms with E-state index in [-0.39, 0.29) is 8.41 Å². The van der Waals surface area contributed by atoms with Crippen molar-refractivity contribution in [2.75, 3.05) is 31.1 Å². The Bertz CT molecular complexity index is 496. The molecule has 0 spiro atoms. The van der Waals surface area contributed by atoms with Gasteiger partial charge in [0.2, 0.25) is 0 Å². The van der Waals surface area contributed by atoms with Gasteiger partial charge in [0.05, 0.1) is 8.41 Å². The second kappa shape index (κ2) is 7.10. The van der Waals surface area contributed by atoms with Gasteiger partial charge in [-0.05, 0) is 23.8 Å². The van der Waals surface area contributed by atoms with E-state index in [4.69, 9.17) is 0 Å². The fourth-order valence-corrected chi connectivity index (χ4v) is 2.55. The quantitative estimate of drug-likeness (QED) is 0.779. The van der Waals surface area contributed by atoms with Gasteiger partial charge in [-0.15, -0.1) is 0 Å². The number of benzene rings is 1. The van der Waals surface area contributed by atoms with Gasteiger partial charge < -0.3 is 4.90 Å². The Kier molecular flexibility index (Phi) is 5.19. The van der Waals surface area contributed by atoms with E-state index in [1.807, 2.05) is 18.5 Å². The van der Waals surface area contributed by atoms with Crippen LogP contribution in [0.5, 0.6) is 0 Å². The van der Waals surface area contributed by atoms with Crippen LogP contribution in [0.1, 0.15) is 5.56 Å². The van der Waals surface area contributed by atoms with E-state index >= 15 is 0 Å². The van der Waals surface area contributed by atoms with Crippen molar-refractivity contribution in [3.8, 4) is 0 Å². The SMILES string of the molecule is B.c1ccc(N2CCN(Cc3cccnc3)CC2)cc1. The highest BCUT2D eigenvalue weighted by Gasteiger charge is 2.16. The summed E-state index contributed by atoms with van der Waals surface area (Å²) >= 11 is 0. The summed E-state index contributed by atoms with van der Waals surface area (Å²) in [6.07, 6.45) is 3.79. The van der Waals surface area contributed by atoms with Gasteiger partial charge in [0, 0.05) is 50.8 Å². The Labute approximate surface area is 122 Å². The zero-order valence-corrected chi connectivity index (χ0v) is 11.1. The minimum Gasteiger partial charge on any atom is -0.369 e. The Hall–Kier alpha value is -1.81. The summed E-state index contributed by atoms with van der Waals surface area (Å²) in [6, 6.07) is 14.8. The molecule has 2 aromatic rings. The Morgan fingerprint density at radius 1 is 0.900 bits per heavy atom. The maximum Gasteiger partial charge on any atom is 0.0814 e. The minimum absolute atomic E-state index is 0. The lowest BCUT2D eigenvalue weighted by atomic mass is 10.2. The minimum atomic E-state index is 0. The van der Waals surface area contributed by atoms with Crippen LogP contribution < -0.4 is 4.90 Å². The van der Waals surface area contributed by atoms with E-state index < -0.39 is 0 Å². The smallest absolute Gasteiger partial charge is 0.0814 e. The lowest BCUT2D eigenvalue weighted by Gasteiger charge is -2.36. The van der Waals surface area contributed by atoms with Crippen molar-refractivity contribution in [1.29, 1.82) is 0 Å². The lowest BCUT2D eigenvalue weighted by molar-refractivity contribution is 0.249. The molecule has 4 heteroatoms. The maximum absolute atomic E-state index is 4.18. The lowest BCUT2D eigenvalue weighted by Crippen LogP contribution is -2.45. The van der Waals surface area contributed by atoms with Crippen molar-refractivity contribution in [3.63, 3.8) is 0 Å². The molecule has 1 aliphatic rings. The molecule has 1 fully saturated rings. The van der Waals surface area contributed by atoms with Gasteiger partial charge in [-0.3, -0.25) is 9.88 Å². The topological polar surface area (TPSA) is 19.4 Å². The summed E-state index contributed by atoms with van der Waals surface area (Å²) in [4.78, 5) is 9.13. The molecule has 0 saturated carbocycles. The van der Waals surface area contributed by atoms with Crippen LogP contribution in [-0.2, 0) is 6.54 Å². The molecule has 0 radical (unpaired) electrons. The number of rotatable bonds is 3. The van der Waals surface area contributed by atoms with Crippen molar-refractivity contribution in [2.45, 2.75) is 6.54 Å². The third-order valence-electron chi connectivity index (χ3n) is 3.62. The normalized spacial score (nSPS) is 15.7. The molecule has 1 aromatic heterocycles. The molecule has 0 atom stereocenters. The predicted octanol–water partition coefficient (Wildman–Crippen LogP) is 1.22. The summed E-state index contributed by atoms with van der Waals surface area (Å²) in [5.74, 6) is 0. The van der Waals surface area contributed by atoms with Gasteiger partial charge in [-0.25, -0.2) is 0 Å². The maximum atomic E-state index is 4.18. The van der Waals surface area contributed by atoms with E-state index in [0.717, 1.165) is 32.7 Å². The first-order valence-electron chi connectivity index (χ1n) is 6.83. The molecular formula is C16H22BN3. The average Bonchev–Trinajstić information content (AvgIpc) is 2.50. The van der Waals surface area contributed by atoms with Crippen LogP contribution in [-0.4, -0.2) is 44.5 Å². The first-order valence-corrected chi connectivity index (χ1v) is 6.83. The Morgan fingerprint density at radius 2 is 1.65 bits per heavy atom. The Balaban J connectivity index is 0.00000147. The second-order valence-electron chi connectivity index (χ2n) is 4.96. The van der Waals surface area contributed by atoms with Crippen molar-refractivity contribution < 1.29 is 0 Å². The first kappa shape index (κ1) is 14.6. The fourth-order valence-electron chi connectivity index (χ4n) is 2.55. The average molecular weight is 267 g/mol. The summed E-state index contributed by atoms with van der Waals surface area (Å²) in [5.41, 5.74) is 2.64. The van der Waals surface area contributed by atoms with Crippen LogP contribution in [0.15, 0.2) is 54.9 Å². The van der Waals surface area contributed by atoms with Crippen LogP contribution in [0.3, 0.4) is 0 Å². The zero-order valence-electron chi connectivity index (χ0n) is 11.1. The molecule has 3 nitrogen and oxygen atoms in total. The molecule has 20 heavy (non-hydrogen) atoms. The van der Waals surface area contributed by atoms with Crippen LogP contribution >= 0.6 is 0 Å². The zero-order chi connectivity index (χ0) is 12.9. The van der Waals surface area contributed by atoms with Crippen molar-refractivity contribution in [2.24, 2.45) is 0 Å². The van der Waals surface area contributed by atoms with Gasteiger partial charge in [0.1, 0.15) is 0 Å². The second-order valence-corrected chi connectivity index (χ2v) is 4.96. The molecule has 1 aliphatic heterocycles. The van der Waals surface area contributed by atoms with E-state index in [9.17, 15) is 0 Å². The monoisotopic (exact) mass is 267 g/mol. The largest absolute Gasteiger partial charge is 0.369 e. The van der Waals surface area contributed by atoms with Crippen LogP contribution in [0, 0.1) is 0 Å². The Morgan fingerprint density at radius 3 is 2.30 bits per heavy atom. The molecule has 1 saturated heterocycles. The summed E-state index contributed by atoms with van der Waals surface area (Å²) < 4.78 is 0. The van der Waals surface area contributed by atoms with Crippen LogP contribution in [0.2, 0.25) is 0 Å². The molecule has 0 aliphatic carbocycles. The van der Waals surface area contributed by atoms with Crippen LogP contribution in [0.25, 0.3) is 0 Å².